The molecular formula is C22H19N5OS. The second kappa shape index (κ2) is 8.28. The summed E-state index contributed by atoms with van der Waals surface area (Å²) < 4.78 is 2.03. The van der Waals surface area contributed by atoms with Gasteiger partial charge in [-0.3, -0.25) is 14.3 Å². The Hall–Kier alpha value is -3.45. The minimum Gasteiger partial charge on any atom is -0.366 e. The number of hydrogen-bond acceptors (Lipinski definition) is 5. The van der Waals surface area contributed by atoms with Crippen molar-refractivity contribution in [2.75, 3.05) is 0 Å². The molecule has 0 saturated carbocycles. The van der Waals surface area contributed by atoms with Crippen molar-refractivity contribution in [3.63, 3.8) is 0 Å². The highest BCUT2D eigenvalue weighted by Crippen LogP contribution is 2.31. The average molecular weight is 401 g/mol. The van der Waals surface area contributed by atoms with E-state index in [1.54, 1.807) is 18.5 Å². The molecule has 0 saturated heterocycles. The number of aryl methyl sites for hydroxylation is 1. The van der Waals surface area contributed by atoms with Gasteiger partial charge in [0, 0.05) is 29.3 Å². The van der Waals surface area contributed by atoms with Gasteiger partial charge in [-0.05, 0) is 42.3 Å². The molecule has 0 unspecified atom stereocenters. The maximum atomic E-state index is 11.7. The van der Waals surface area contributed by atoms with Crippen LogP contribution in [0, 0.1) is 6.92 Å². The second-order valence-corrected chi connectivity index (χ2v) is 7.42. The Kier molecular flexibility index (Phi) is 5.39. The summed E-state index contributed by atoms with van der Waals surface area (Å²) in [5, 5.41) is 9.60. The standard InChI is InChI=1S/C22H19N5OS/c1-15-7-2-5-11-19(15)27-21(16-9-6-12-24-13-16)25-26-22(27)29-14-17-8-3-4-10-18(17)20(23)28/h2-13H,14H2,1H3,(H2,23,28). The number of hydrogen-bond donors (Lipinski definition) is 1. The maximum absolute atomic E-state index is 11.7. The number of pyridine rings is 1. The molecule has 4 rings (SSSR count). The van der Waals surface area contributed by atoms with Gasteiger partial charge in [0.25, 0.3) is 0 Å². The molecule has 7 heteroatoms. The summed E-state index contributed by atoms with van der Waals surface area (Å²) in [7, 11) is 0. The van der Waals surface area contributed by atoms with Crippen LogP contribution in [0.2, 0.25) is 0 Å². The molecule has 2 heterocycles. The first kappa shape index (κ1) is 18.9. The molecule has 0 radical (unpaired) electrons. The molecule has 29 heavy (non-hydrogen) atoms. The smallest absolute Gasteiger partial charge is 0.249 e. The third-order valence-electron chi connectivity index (χ3n) is 4.55. The van der Waals surface area contributed by atoms with E-state index in [9.17, 15) is 4.79 Å². The predicted molar refractivity (Wildman–Crippen MR) is 114 cm³/mol. The number of nitrogens with two attached hydrogens (primary N) is 1. The quantitative estimate of drug-likeness (QED) is 0.493. The van der Waals surface area contributed by atoms with Gasteiger partial charge in [-0.2, -0.15) is 0 Å². The Balaban J connectivity index is 1.76. The van der Waals surface area contributed by atoms with Crippen molar-refractivity contribution in [3.05, 3.63) is 89.7 Å². The third-order valence-corrected chi connectivity index (χ3v) is 5.53. The van der Waals surface area contributed by atoms with E-state index in [1.165, 1.54) is 11.8 Å². The number of aromatic nitrogens is 4. The molecule has 1 amide bonds. The van der Waals surface area contributed by atoms with Crippen LogP contribution in [0.25, 0.3) is 17.1 Å². The SMILES string of the molecule is Cc1ccccc1-n1c(SCc2ccccc2C(N)=O)nnc1-c1cccnc1. The third kappa shape index (κ3) is 3.90. The summed E-state index contributed by atoms with van der Waals surface area (Å²) in [5.41, 5.74) is 9.90. The van der Waals surface area contributed by atoms with Gasteiger partial charge in [0.1, 0.15) is 0 Å². The molecule has 0 bridgehead atoms. The van der Waals surface area contributed by atoms with Crippen LogP contribution in [0.15, 0.2) is 78.2 Å². The number of amides is 1. The van der Waals surface area contributed by atoms with Crippen molar-refractivity contribution >= 4 is 17.7 Å². The average Bonchev–Trinajstić information content (AvgIpc) is 3.17. The van der Waals surface area contributed by atoms with E-state index in [-0.39, 0.29) is 0 Å². The van der Waals surface area contributed by atoms with E-state index < -0.39 is 5.91 Å². The number of rotatable bonds is 6. The van der Waals surface area contributed by atoms with Crippen molar-refractivity contribution in [2.45, 2.75) is 17.8 Å². The van der Waals surface area contributed by atoms with Gasteiger partial charge >= 0.3 is 0 Å². The van der Waals surface area contributed by atoms with E-state index in [4.69, 9.17) is 5.73 Å². The van der Waals surface area contributed by atoms with E-state index in [2.05, 4.69) is 28.2 Å². The summed E-state index contributed by atoms with van der Waals surface area (Å²) in [4.78, 5) is 15.9. The van der Waals surface area contributed by atoms with Crippen LogP contribution < -0.4 is 5.73 Å². The Bertz CT molecular complexity index is 1160. The topological polar surface area (TPSA) is 86.7 Å². The molecule has 2 aromatic carbocycles. The van der Waals surface area contributed by atoms with Crippen LogP contribution in [-0.2, 0) is 5.75 Å². The lowest BCUT2D eigenvalue weighted by Gasteiger charge is -2.13. The Morgan fingerprint density at radius 1 is 1.03 bits per heavy atom. The molecule has 2 N–H and O–H groups in total. The van der Waals surface area contributed by atoms with Crippen LogP contribution in [0.5, 0.6) is 0 Å². The van der Waals surface area contributed by atoms with Crippen molar-refractivity contribution in [1.29, 1.82) is 0 Å². The van der Waals surface area contributed by atoms with E-state index in [1.807, 2.05) is 53.1 Å². The van der Waals surface area contributed by atoms with Crippen molar-refractivity contribution in [2.24, 2.45) is 5.73 Å². The molecule has 0 spiro atoms. The van der Waals surface area contributed by atoms with Gasteiger partial charge in [0.2, 0.25) is 5.91 Å². The van der Waals surface area contributed by atoms with Gasteiger partial charge in [0.05, 0.1) is 5.69 Å². The minimum absolute atomic E-state index is 0.433. The van der Waals surface area contributed by atoms with Crippen molar-refractivity contribution in [3.8, 4) is 17.1 Å². The number of primary amides is 1. The lowest BCUT2D eigenvalue weighted by molar-refractivity contribution is 0.0999. The number of thioether (sulfide) groups is 1. The van der Waals surface area contributed by atoms with Crippen molar-refractivity contribution in [1.82, 2.24) is 19.7 Å². The summed E-state index contributed by atoms with van der Waals surface area (Å²) in [6.07, 6.45) is 3.50. The van der Waals surface area contributed by atoms with Gasteiger partial charge in [-0.15, -0.1) is 10.2 Å². The first-order valence-electron chi connectivity index (χ1n) is 9.07. The predicted octanol–water partition coefficient (Wildman–Crippen LogP) is 4.03. The summed E-state index contributed by atoms with van der Waals surface area (Å²) in [5.74, 6) is 0.839. The fourth-order valence-corrected chi connectivity index (χ4v) is 4.05. The molecule has 0 aliphatic rings. The number of para-hydroxylation sites is 1. The first-order chi connectivity index (χ1) is 14.1. The van der Waals surface area contributed by atoms with Gasteiger partial charge in [0.15, 0.2) is 11.0 Å². The molecule has 0 aliphatic heterocycles. The monoisotopic (exact) mass is 401 g/mol. The molecule has 0 aliphatic carbocycles. The largest absolute Gasteiger partial charge is 0.366 e. The van der Waals surface area contributed by atoms with E-state index in [0.29, 0.717) is 11.3 Å². The molecular weight excluding hydrogens is 382 g/mol. The van der Waals surface area contributed by atoms with Crippen molar-refractivity contribution < 1.29 is 4.79 Å². The summed E-state index contributed by atoms with van der Waals surface area (Å²) in [6, 6.07) is 19.3. The zero-order chi connectivity index (χ0) is 20.2. The molecule has 6 nitrogen and oxygen atoms in total. The van der Waals surface area contributed by atoms with Gasteiger partial charge < -0.3 is 5.73 Å². The van der Waals surface area contributed by atoms with Gasteiger partial charge in [-0.1, -0.05) is 48.2 Å². The number of carbonyl (C=O) groups is 1. The number of benzene rings is 2. The molecule has 144 valence electrons. The Morgan fingerprint density at radius 3 is 2.59 bits per heavy atom. The minimum atomic E-state index is -0.433. The first-order valence-corrected chi connectivity index (χ1v) is 10.1. The highest BCUT2D eigenvalue weighted by atomic mass is 32.2. The van der Waals surface area contributed by atoms with Gasteiger partial charge in [-0.25, -0.2) is 0 Å². The fourth-order valence-electron chi connectivity index (χ4n) is 3.11. The lowest BCUT2D eigenvalue weighted by atomic mass is 10.1. The number of nitrogens with zero attached hydrogens (tertiary/aromatic N) is 4. The van der Waals surface area contributed by atoms with Crippen LogP contribution in [0.4, 0.5) is 0 Å². The van der Waals surface area contributed by atoms with Crippen LogP contribution in [0.3, 0.4) is 0 Å². The number of carbonyl (C=O) groups excluding carboxylic acids is 1. The molecule has 4 aromatic rings. The fraction of sp³-hybridized carbons (Fsp3) is 0.0909. The molecule has 0 fully saturated rings. The maximum Gasteiger partial charge on any atom is 0.249 e. The zero-order valence-electron chi connectivity index (χ0n) is 15.8. The zero-order valence-corrected chi connectivity index (χ0v) is 16.6. The van der Waals surface area contributed by atoms with Crippen LogP contribution in [0.1, 0.15) is 21.5 Å². The van der Waals surface area contributed by atoms with Crippen LogP contribution in [-0.4, -0.2) is 25.7 Å². The Labute approximate surface area is 172 Å². The lowest BCUT2D eigenvalue weighted by Crippen LogP contribution is -2.13. The highest BCUT2D eigenvalue weighted by molar-refractivity contribution is 7.98. The highest BCUT2D eigenvalue weighted by Gasteiger charge is 2.18. The van der Waals surface area contributed by atoms with E-state index >= 15 is 0 Å². The van der Waals surface area contributed by atoms with E-state index in [0.717, 1.165) is 33.4 Å². The summed E-state index contributed by atoms with van der Waals surface area (Å²) in [6.45, 7) is 2.05. The molecule has 0 atom stereocenters. The second-order valence-electron chi connectivity index (χ2n) is 6.48. The molecule has 2 aromatic heterocycles. The van der Waals surface area contributed by atoms with Crippen LogP contribution >= 0.6 is 11.8 Å². The Morgan fingerprint density at radius 2 is 1.83 bits per heavy atom. The normalized spacial score (nSPS) is 10.8. The summed E-state index contributed by atoms with van der Waals surface area (Å²) >= 11 is 1.51.